The largest absolute Gasteiger partial charge is 0.338 e. The number of nitrogens with one attached hydrogen (secondary N) is 1. The molecule has 1 N–H and O–H groups in total. The minimum atomic E-state index is -0.00656. The van der Waals surface area contributed by atoms with Crippen molar-refractivity contribution in [2.75, 3.05) is 11.4 Å². The van der Waals surface area contributed by atoms with Crippen LogP contribution in [-0.2, 0) is 13.0 Å². The van der Waals surface area contributed by atoms with Gasteiger partial charge in [0.05, 0.1) is 0 Å². The van der Waals surface area contributed by atoms with Gasteiger partial charge < -0.3 is 5.32 Å². The quantitative estimate of drug-likeness (QED) is 0.877. The van der Waals surface area contributed by atoms with E-state index in [4.69, 9.17) is 0 Å². The summed E-state index contributed by atoms with van der Waals surface area (Å²) in [6.45, 7) is 3.56. The van der Waals surface area contributed by atoms with Gasteiger partial charge in [-0.1, -0.05) is 18.2 Å². The molecule has 0 fully saturated rings. The van der Waals surface area contributed by atoms with Crippen LogP contribution in [0, 0.1) is 0 Å². The van der Waals surface area contributed by atoms with Crippen LogP contribution in [-0.4, -0.2) is 28.4 Å². The van der Waals surface area contributed by atoms with Crippen molar-refractivity contribution in [3.05, 3.63) is 48.3 Å². The molecule has 0 spiro atoms. The number of carbonyl (C=O) groups excluding carboxylic acids is 1. The minimum absolute atomic E-state index is 0.00656. The monoisotopic (exact) mass is 284 g/mol. The molecule has 0 radical (unpaired) electrons. The summed E-state index contributed by atoms with van der Waals surface area (Å²) >= 11 is 0. The Morgan fingerprint density at radius 1 is 1.38 bits per heavy atom. The van der Waals surface area contributed by atoms with Gasteiger partial charge in [0.25, 0.3) is 0 Å². The van der Waals surface area contributed by atoms with Crippen LogP contribution in [0.15, 0.2) is 42.7 Å². The number of hydrogen-bond donors (Lipinski definition) is 1. The van der Waals surface area contributed by atoms with E-state index >= 15 is 0 Å². The predicted octanol–water partition coefficient (Wildman–Crippen LogP) is 2.43. The third kappa shape index (κ3) is 2.91. The molecule has 1 aliphatic rings. The van der Waals surface area contributed by atoms with E-state index in [0.29, 0.717) is 6.54 Å². The number of hydrogen-bond acceptors (Lipinski definition) is 2. The number of urea groups is 1. The maximum atomic E-state index is 12.4. The summed E-state index contributed by atoms with van der Waals surface area (Å²) in [5.41, 5.74) is 2.28. The highest BCUT2D eigenvalue weighted by Gasteiger charge is 2.30. The maximum absolute atomic E-state index is 12.4. The maximum Gasteiger partial charge on any atom is 0.322 e. The molecule has 1 aliphatic heterocycles. The van der Waals surface area contributed by atoms with Crippen LogP contribution in [0.2, 0.25) is 0 Å². The fourth-order valence-corrected chi connectivity index (χ4v) is 2.83. The van der Waals surface area contributed by atoms with Crippen molar-refractivity contribution in [3.63, 3.8) is 0 Å². The number of fused-ring (bicyclic) bond motifs is 1. The summed E-state index contributed by atoms with van der Waals surface area (Å²) in [6.07, 6.45) is 5.50. The highest BCUT2D eigenvalue weighted by Crippen LogP contribution is 2.31. The van der Waals surface area contributed by atoms with Crippen molar-refractivity contribution in [2.45, 2.75) is 32.4 Å². The molecule has 0 saturated heterocycles. The van der Waals surface area contributed by atoms with Gasteiger partial charge in [0.15, 0.2) is 0 Å². The number of amides is 2. The van der Waals surface area contributed by atoms with E-state index in [-0.39, 0.29) is 12.1 Å². The van der Waals surface area contributed by atoms with Crippen molar-refractivity contribution in [3.8, 4) is 0 Å². The molecule has 2 heterocycles. The fourth-order valence-electron chi connectivity index (χ4n) is 2.83. The summed E-state index contributed by atoms with van der Waals surface area (Å²) in [7, 11) is 0. The van der Waals surface area contributed by atoms with Gasteiger partial charge in [0.1, 0.15) is 0 Å². The van der Waals surface area contributed by atoms with Gasteiger partial charge in [-0.3, -0.25) is 9.58 Å². The second-order valence-corrected chi connectivity index (χ2v) is 5.41. The fraction of sp³-hybridized carbons (Fsp3) is 0.375. The Hall–Kier alpha value is -2.30. The van der Waals surface area contributed by atoms with Crippen LogP contribution < -0.4 is 10.2 Å². The number of aromatic nitrogens is 2. The van der Waals surface area contributed by atoms with Crippen LogP contribution in [0.25, 0.3) is 0 Å². The Kier molecular flexibility index (Phi) is 3.90. The van der Waals surface area contributed by atoms with E-state index in [1.54, 1.807) is 6.20 Å². The van der Waals surface area contributed by atoms with Gasteiger partial charge in [-0.2, -0.15) is 5.10 Å². The highest BCUT2D eigenvalue weighted by molar-refractivity contribution is 5.94. The first kappa shape index (κ1) is 13.7. The van der Waals surface area contributed by atoms with Crippen LogP contribution in [0.4, 0.5) is 10.5 Å². The van der Waals surface area contributed by atoms with Crippen molar-refractivity contribution in [2.24, 2.45) is 0 Å². The van der Waals surface area contributed by atoms with E-state index in [1.807, 2.05) is 40.0 Å². The molecule has 5 heteroatoms. The Labute approximate surface area is 124 Å². The molecule has 5 nitrogen and oxygen atoms in total. The first-order valence-electron chi connectivity index (χ1n) is 7.38. The van der Waals surface area contributed by atoms with E-state index in [2.05, 4.69) is 23.4 Å². The average Bonchev–Trinajstić information content (AvgIpc) is 3.09. The molecule has 0 aliphatic carbocycles. The van der Waals surface area contributed by atoms with E-state index in [1.165, 1.54) is 5.56 Å². The SMILES string of the molecule is C[C@@H]1Cc2ccccc2N1C(=O)NCCCn1cccn1. The van der Waals surface area contributed by atoms with Gasteiger partial charge in [0, 0.05) is 37.2 Å². The van der Waals surface area contributed by atoms with Gasteiger partial charge in [0.2, 0.25) is 0 Å². The normalized spacial score (nSPS) is 16.8. The lowest BCUT2D eigenvalue weighted by molar-refractivity contribution is 0.244. The Bertz CT molecular complexity index is 608. The number of para-hydroxylation sites is 1. The minimum Gasteiger partial charge on any atom is -0.338 e. The molecule has 2 amide bonds. The van der Waals surface area contributed by atoms with Crippen molar-refractivity contribution < 1.29 is 4.79 Å². The zero-order valence-electron chi connectivity index (χ0n) is 12.2. The van der Waals surface area contributed by atoms with E-state index in [0.717, 1.165) is 25.1 Å². The molecular formula is C16H20N4O. The molecule has 0 unspecified atom stereocenters. The van der Waals surface area contributed by atoms with E-state index in [9.17, 15) is 4.79 Å². The predicted molar refractivity (Wildman–Crippen MR) is 82.3 cm³/mol. The lowest BCUT2D eigenvalue weighted by Gasteiger charge is -2.23. The molecule has 1 aromatic heterocycles. The number of nitrogens with zero attached hydrogens (tertiary/aromatic N) is 3. The number of carbonyl (C=O) groups is 1. The number of benzene rings is 1. The second kappa shape index (κ2) is 5.99. The molecule has 3 rings (SSSR count). The standard InChI is InChI=1S/C16H20N4O/c1-13-12-14-6-2-3-7-15(14)20(13)16(21)17-8-4-10-19-11-5-9-18-19/h2-3,5-7,9,11,13H,4,8,10,12H2,1H3,(H,17,21)/t13-/m1/s1. The van der Waals surface area contributed by atoms with Gasteiger partial charge in [-0.25, -0.2) is 4.79 Å². The Morgan fingerprint density at radius 2 is 2.24 bits per heavy atom. The summed E-state index contributed by atoms with van der Waals surface area (Å²) < 4.78 is 1.87. The summed E-state index contributed by atoms with van der Waals surface area (Å²) in [6, 6.07) is 10.2. The second-order valence-electron chi connectivity index (χ2n) is 5.41. The smallest absolute Gasteiger partial charge is 0.322 e. The van der Waals surface area contributed by atoms with E-state index < -0.39 is 0 Å². The first-order valence-corrected chi connectivity index (χ1v) is 7.38. The highest BCUT2D eigenvalue weighted by atomic mass is 16.2. The molecule has 110 valence electrons. The molecule has 0 bridgehead atoms. The molecule has 0 saturated carbocycles. The zero-order chi connectivity index (χ0) is 14.7. The third-order valence-corrected chi connectivity index (χ3v) is 3.83. The van der Waals surface area contributed by atoms with Crippen molar-refractivity contribution in [1.29, 1.82) is 0 Å². The zero-order valence-corrected chi connectivity index (χ0v) is 12.2. The Balaban J connectivity index is 1.53. The van der Waals surface area contributed by atoms with Crippen LogP contribution >= 0.6 is 0 Å². The molecular weight excluding hydrogens is 264 g/mol. The third-order valence-electron chi connectivity index (χ3n) is 3.83. The molecule has 21 heavy (non-hydrogen) atoms. The van der Waals surface area contributed by atoms with Gasteiger partial charge >= 0.3 is 6.03 Å². The summed E-state index contributed by atoms with van der Waals surface area (Å²) in [5, 5.41) is 7.15. The summed E-state index contributed by atoms with van der Waals surface area (Å²) in [4.78, 5) is 14.2. The van der Waals surface area contributed by atoms with Crippen molar-refractivity contribution >= 4 is 11.7 Å². The molecule has 1 atom stereocenters. The number of anilines is 1. The van der Waals surface area contributed by atoms with Crippen molar-refractivity contribution in [1.82, 2.24) is 15.1 Å². The van der Waals surface area contributed by atoms with Crippen LogP contribution in [0.3, 0.4) is 0 Å². The van der Waals surface area contributed by atoms with Crippen LogP contribution in [0.5, 0.6) is 0 Å². The first-order chi connectivity index (χ1) is 10.3. The molecule has 1 aromatic carbocycles. The topological polar surface area (TPSA) is 50.2 Å². The average molecular weight is 284 g/mol. The number of rotatable bonds is 4. The lowest BCUT2D eigenvalue weighted by Crippen LogP contribution is -2.43. The van der Waals surface area contributed by atoms with Crippen LogP contribution in [0.1, 0.15) is 18.9 Å². The number of aryl methyl sites for hydroxylation is 1. The summed E-state index contributed by atoms with van der Waals surface area (Å²) in [5.74, 6) is 0. The van der Waals surface area contributed by atoms with Gasteiger partial charge in [-0.05, 0) is 37.5 Å². The van der Waals surface area contributed by atoms with Gasteiger partial charge in [-0.15, -0.1) is 0 Å². The lowest BCUT2D eigenvalue weighted by atomic mass is 10.1. The molecule has 2 aromatic rings. The Morgan fingerprint density at radius 3 is 3.05 bits per heavy atom.